The number of rotatable bonds is 3. The first-order valence-corrected chi connectivity index (χ1v) is 10.9. The summed E-state index contributed by atoms with van der Waals surface area (Å²) in [6, 6.07) is 2.79. The largest absolute Gasteiger partial charge is 0.508 e. The van der Waals surface area contributed by atoms with Crippen molar-refractivity contribution in [1.82, 2.24) is 5.06 Å². The quantitative estimate of drug-likeness (QED) is 0.301. The lowest BCUT2D eigenvalue weighted by molar-refractivity contribution is -0.173. The molecule has 2 N–H and O–H groups in total. The van der Waals surface area contributed by atoms with Gasteiger partial charge in [0.15, 0.2) is 11.6 Å². The van der Waals surface area contributed by atoms with Gasteiger partial charge in [0.2, 0.25) is 0 Å². The van der Waals surface area contributed by atoms with Crippen LogP contribution in [0.5, 0.6) is 17.2 Å². The van der Waals surface area contributed by atoms with Gasteiger partial charge in [0.05, 0.1) is 26.1 Å². The zero-order valence-electron chi connectivity index (χ0n) is 18.8. The standard InChI is InChI=1S/C25H23NO8/c1-10-6-16(28)15-9-14-12(4-5-13-19(14)25(31)26(32)24(13)30)20(21(15)23(10)29)22-17(33-2)7-11(27)8-18(22)34-3/h4,6-8,13-14,19-20,27,32H,5,9H2,1-3H3/t13-,14+,19-,20-/m0/s1. The second kappa shape index (κ2) is 7.66. The predicted molar refractivity (Wildman–Crippen MR) is 116 cm³/mol. The Balaban J connectivity index is 1.79. The number of ether oxygens (including phenoxy) is 2. The minimum absolute atomic E-state index is 0.1000. The number of allylic oxidation sites excluding steroid dienone is 6. The first-order chi connectivity index (χ1) is 16.2. The number of methoxy groups -OCH3 is 2. The highest BCUT2D eigenvalue weighted by Crippen LogP contribution is 2.57. The maximum Gasteiger partial charge on any atom is 0.257 e. The Bertz CT molecular complexity index is 1240. The number of amides is 2. The summed E-state index contributed by atoms with van der Waals surface area (Å²) in [5, 5.41) is 20.4. The van der Waals surface area contributed by atoms with Gasteiger partial charge in [-0.3, -0.25) is 24.4 Å². The molecular weight excluding hydrogens is 442 g/mol. The number of hydrogen-bond donors (Lipinski definition) is 2. The molecular formula is C25H23NO8. The molecule has 1 aromatic rings. The maximum atomic E-state index is 13.4. The molecule has 4 aliphatic rings. The van der Waals surface area contributed by atoms with Crippen LogP contribution in [0.2, 0.25) is 0 Å². The molecule has 0 radical (unpaired) electrons. The Morgan fingerprint density at radius 3 is 2.26 bits per heavy atom. The van der Waals surface area contributed by atoms with Crippen molar-refractivity contribution in [2.24, 2.45) is 17.8 Å². The Morgan fingerprint density at radius 1 is 1.00 bits per heavy atom. The number of benzene rings is 1. The van der Waals surface area contributed by atoms with Crippen LogP contribution in [0.1, 0.15) is 31.2 Å². The molecule has 9 nitrogen and oxygen atoms in total. The van der Waals surface area contributed by atoms with Gasteiger partial charge in [-0.05, 0) is 31.8 Å². The number of aromatic hydroxyl groups is 1. The van der Waals surface area contributed by atoms with Gasteiger partial charge in [-0.1, -0.05) is 11.6 Å². The number of Topliss-reactive ketones (excluding diaryl/α,β-unsaturated/α-hetero) is 1. The Hall–Kier alpha value is -3.72. The molecule has 1 aromatic carbocycles. The zero-order valence-corrected chi connectivity index (χ0v) is 18.8. The van der Waals surface area contributed by atoms with Crippen LogP contribution in [-0.4, -0.2) is 53.0 Å². The summed E-state index contributed by atoms with van der Waals surface area (Å²) in [4.78, 5) is 51.8. The van der Waals surface area contributed by atoms with Crippen molar-refractivity contribution in [3.05, 3.63) is 52.1 Å². The SMILES string of the molecule is COc1cc(O)cc(OC)c1[C@H]1C2=CC[C@@H]3C(=O)N(O)C(=O)[C@@H]3[C@@H]2CC2=C1C(=O)C(C)=CC2=O. The Labute approximate surface area is 194 Å². The number of nitrogens with zero attached hydrogens (tertiary/aromatic N) is 1. The van der Waals surface area contributed by atoms with Crippen molar-refractivity contribution >= 4 is 23.4 Å². The third-order valence-electron chi connectivity index (χ3n) is 7.36. The number of ketones is 2. The van der Waals surface area contributed by atoms with Gasteiger partial charge in [0, 0.05) is 40.3 Å². The van der Waals surface area contributed by atoms with E-state index in [4.69, 9.17) is 9.47 Å². The average Bonchev–Trinajstić information content (AvgIpc) is 3.04. The van der Waals surface area contributed by atoms with E-state index in [1.54, 1.807) is 6.92 Å². The van der Waals surface area contributed by atoms with E-state index in [1.165, 1.54) is 32.4 Å². The van der Waals surface area contributed by atoms with E-state index in [9.17, 15) is 29.5 Å². The van der Waals surface area contributed by atoms with Gasteiger partial charge < -0.3 is 14.6 Å². The first-order valence-electron chi connectivity index (χ1n) is 10.9. The molecule has 0 saturated carbocycles. The van der Waals surface area contributed by atoms with Crippen molar-refractivity contribution in [3.8, 4) is 17.2 Å². The molecule has 1 fully saturated rings. The second-order valence-corrected chi connectivity index (χ2v) is 8.98. The van der Waals surface area contributed by atoms with E-state index in [0.717, 1.165) is 0 Å². The van der Waals surface area contributed by atoms with Crippen molar-refractivity contribution in [2.45, 2.75) is 25.7 Å². The average molecular weight is 465 g/mol. The summed E-state index contributed by atoms with van der Waals surface area (Å²) >= 11 is 0. The van der Waals surface area contributed by atoms with Gasteiger partial charge in [0.1, 0.15) is 17.2 Å². The van der Waals surface area contributed by atoms with E-state index in [-0.39, 0.29) is 57.9 Å². The molecule has 0 bridgehead atoms. The third kappa shape index (κ3) is 2.89. The van der Waals surface area contributed by atoms with Crippen LogP contribution in [0.3, 0.4) is 0 Å². The second-order valence-electron chi connectivity index (χ2n) is 8.98. The monoisotopic (exact) mass is 465 g/mol. The summed E-state index contributed by atoms with van der Waals surface area (Å²) in [6.45, 7) is 1.58. The van der Waals surface area contributed by atoms with Crippen LogP contribution in [0.25, 0.3) is 0 Å². The lowest BCUT2D eigenvalue weighted by atomic mass is 9.59. The fourth-order valence-electron chi connectivity index (χ4n) is 5.89. The number of imide groups is 1. The highest BCUT2D eigenvalue weighted by molar-refractivity contribution is 6.24. The maximum absolute atomic E-state index is 13.4. The van der Waals surface area contributed by atoms with Gasteiger partial charge in [-0.2, -0.15) is 5.06 Å². The fourth-order valence-corrected chi connectivity index (χ4v) is 5.89. The lowest BCUT2D eigenvalue weighted by Crippen LogP contribution is -2.39. The molecule has 176 valence electrons. The number of carbonyl (C=O) groups is 4. The molecule has 5 rings (SSSR count). The molecule has 1 heterocycles. The molecule has 0 spiro atoms. The normalized spacial score (nSPS) is 28.3. The van der Waals surface area contributed by atoms with Crippen LogP contribution >= 0.6 is 0 Å². The molecule has 4 atom stereocenters. The van der Waals surface area contributed by atoms with Crippen molar-refractivity contribution in [2.75, 3.05) is 14.2 Å². The van der Waals surface area contributed by atoms with Crippen LogP contribution < -0.4 is 9.47 Å². The fraction of sp³-hybridized carbons (Fsp3) is 0.360. The summed E-state index contributed by atoms with van der Waals surface area (Å²) in [6.07, 6.45) is 3.42. The summed E-state index contributed by atoms with van der Waals surface area (Å²) in [7, 11) is 2.83. The molecule has 3 aliphatic carbocycles. The molecule has 9 heteroatoms. The Morgan fingerprint density at radius 2 is 1.65 bits per heavy atom. The van der Waals surface area contributed by atoms with Gasteiger partial charge in [0.25, 0.3) is 11.8 Å². The van der Waals surface area contributed by atoms with Crippen molar-refractivity contribution in [3.63, 3.8) is 0 Å². The predicted octanol–water partition coefficient (Wildman–Crippen LogP) is 2.23. The minimum Gasteiger partial charge on any atom is -0.508 e. The van der Waals surface area contributed by atoms with E-state index in [0.29, 0.717) is 16.7 Å². The van der Waals surface area contributed by atoms with Crippen molar-refractivity contribution < 1.29 is 39.0 Å². The van der Waals surface area contributed by atoms with E-state index in [2.05, 4.69) is 0 Å². The molecule has 34 heavy (non-hydrogen) atoms. The number of phenols is 1. The van der Waals surface area contributed by atoms with E-state index < -0.39 is 35.5 Å². The van der Waals surface area contributed by atoms with Gasteiger partial charge >= 0.3 is 0 Å². The molecule has 1 saturated heterocycles. The first kappa shape index (κ1) is 22.1. The third-order valence-corrected chi connectivity index (χ3v) is 7.36. The van der Waals surface area contributed by atoms with Gasteiger partial charge in [-0.15, -0.1) is 0 Å². The number of carbonyl (C=O) groups excluding carboxylic acids is 4. The molecule has 0 aromatic heterocycles. The highest BCUT2D eigenvalue weighted by atomic mass is 16.5. The topological polar surface area (TPSA) is 130 Å². The molecule has 1 aliphatic heterocycles. The van der Waals surface area contributed by atoms with E-state index in [1.807, 2.05) is 6.08 Å². The number of hydroxylamine groups is 2. The van der Waals surface area contributed by atoms with Crippen molar-refractivity contribution in [1.29, 1.82) is 0 Å². The van der Waals surface area contributed by atoms with Gasteiger partial charge in [-0.25, -0.2) is 0 Å². The van der Waals surface area contributed by atoms with Crippen LogP contribution in [0, 0.1) is 17.8 Å². The number of fused-ring (bicyclic) bond motifs is 3. The summed E-state index contributed by atoms with van der Waals surface area (Å²) in [5.74, 6) is -4.55. The summed E-state index contributed by atoms with van der Waals surface area (Å²) in [5.41, 5.74) is 1.99. The van der Waals surface area contributed by atoms with E-state index >= 15 is 0 Å². The number of hydrogen-bond acceptors (Lipinski definition) is 8. The molecule has 2 amide bonds. The zero-order chi connectivity index (χ0) is 24.5. The van der Waals surface area contributed by atoms with Crippen LogP contribution in [0.4, 0.5) is 0 Å². The molecule has 0 unspecified atom stereocenters. The minimum atomic E-state index is -0.849. The lowest BCUT2D eigenvalue weighted by Gasteiger charge is -2.42. The smallest absolute Gasteiger partial charge is 0.257 e. The van der Waals surface area contributed by atoms with Crippen LogP contribution in [-0.2, 0) is 19.2 Å². The summed E-state index contributed by atoms with van der Waals surface area (Å²) < 4.78 is 11.1. The van der Waals surface area contributed by atoms with Crippen LogP contribution in [0.15, 0.2) is 46.6 Å². The highest BCUT2D eigenvalue weighted by Gasteiger charge is 2.56. The number of phenolic OH excluding ortho intramolecular Hbond substituents is 1. The Kier molecular flexibility index (Phi) is 4.98.